The van der Waals surface area contributed by atoms with Crippen molar-refractivity contribution in [3.63, 3.8) is 0 Å². The van der Waals surface area contributed by atoms with Crippen LogP contribution in [0.5, 0.6) is 11.5 Å². The van der Waals surface area contributed by atoms with Crippen LogP contribution in [-0.4, -0.2) is 12.5 Å². The quantitative estimate of drug-likeness (QED) is 0.448. The summed E-state index contributed by atoms with van der Waals surface area (Å²) in [6, 6.07) is 19.9. The van der Waals surface area contributed by atoms with E-state index in [1.807, 2.05) is 43.3 Å². The van der Waals surface area contributed by atoms with Crippen LogP contribution in [0.25, 0.3) is 0 Å². The van der Waals surface area contributed by atoms with Gasteiger partial charge in [0.1, 0.15) is 18.1 Å². The zero-order valence-corrected chi connectivity index (χ0v) is 17.6. The lowest BCUT2D eigenvalue weighted by molar-refractivity contribution is 0.102. The van der Waals surface area contributed by atoms with Crippen LogP contribution in [0.2, 0.25) is 5.02 Å². The Bertz CT molecular complexity index is 960. The number of amides is 1. The summed E-state index contributed by atoms with van der Waals surface area (Å²) < 4.78 is 12.4. The van der Waals surface area contributed by atoms with Crippen LogP contribution < -0.4 is 14.8 Å². The summed E-state index contributed by atoms with van der Waals surface area (Å²) in [7, 11) is 0. The predicted octanol–water partition coefficient (Wildman–Crippen LogP) is 6.33. The van der Waals surface area contributed by atoms with Crippen LogP contribution in [0, 0.1) is 0 Å². The smallest absolute Gasteiger partial charge is 0.255 e. The molecule has 3 rings (SSSR count). The maximum atomic E-state index is 12.6. The molecule has 0 fully saturated rings. The average Bonchev–Trinajstić information content (AvgIpc) is 2.69. The first-order valence-electron chi connectivity index (χ1n) is 8.76. The van der Waals surface area contributed by atoms with Gasteiger partial charge in [-0.25, -0.2) is 0 Å². The third-order valence-electron chi connectivity index (χ3n) is 3.92. The van der Waals surface area contributed by atoms with Crippen molar-refractivity contribution in [2.45, 2.75) is 13.5 Å². The Morgan fingerprint density at radius 2 is 1.82 bits per heavy atom. The Morgan fingerprint density at radius 1 is 1.04 bits per heavy atom. The maximum absolute atomic E-state index is 12.6. The number of hydrogen-bond acceptors (Lipinski definition) is 3. The molecule has 28 heavy (non-hydrogen) atoms. The fourth-order valence-electron chi connectivity index (χ4n) is 2.58. The van der Waals surface area contributed by atoms with Gasteiger partial charge in [-0.2, -0.15) is 0 Å². The molecule has 3 aromatic carbocycles. The fraction of sp³-hybridized carbons (Fsp3) is 0.136. The Morgan fingerprint density at radius 3 is 2.54 bits per heavy atom. The van der Waals surface area contributed by atoms with E-state index in [1.165, 1.54) is 0 Å². The van der Waals surface area contributed by atoms with Crippen LogP contribution >= 0.6 is 27.5 Å². The van der Waals surface area contributed by atoms with Crippen molar-refractivity contribution in [3.05, 3.63) is 87.4 Å². The van der Waals surface area contributed by atoms with Crippen molar-refractivity contribution in [3.8, 4) is 11.5 Å². The van der Waals surface area contributed by atoms with E-state index < -0.39 is 0 Å². The summed E-state index contributed by atoms with van der Waals surface area (Å²) in [6.45, 7) is 2.69. The third kappa shape index (κ3) is 5.50. The molecule has 0 heterocycles. The number of carbonyl (C=O) groups is 1. The van der Waals surface area contributed by atoms with Crippen molar-refractivity contribution < 1.29 is 14.3 Å². The van der Waals surface area contributed by atoms with E-state index in [0.717, 1.165) is 15.7 Å². The Balaban J connectivity index is 1.77. The van der Waals surface area contributed by atoms with Crippen LogP contribution in [-0.2, 0) is 6.61 Å². The number of carbonyl (C=O) groups excluding carboxylic acids is 1. The van der Waals surface area contributed by atoms with Gasteiger partial charge in [0.25, 0.3) is 5.91 Å². The molecule has 0 aliphatic heterocycles. The summed E-state index contributed by atoms with van der Waals surface area (Å²) in [4.78, 5) is 12.6. The Hall–Kier alpha value is -2.50. The van der Waals surface area contributed by atoms with E-state index >= 15 is 0 Å². The molecule has 0 aliphatic rings. The highest BCUT2D eigenvalue weighted by Gasteiger charge is 2.12. The molecule has 0 unspecified atom stereocenters. The van der Waals surface area contributed by atoms with Gasteiger partial charge in [-0.15, -0.1) is 0 Å². The molecule has 0 bridgehead atoms. The molecule has 0 spiro atoms. The number of anilines is 1. The van der Waals surface area contributed by atoms with Gasteiger partial charge in [0.05, 0.1) is 6.61 Å². The first-order valence-corrected chi connectivity index (χ1v) is 9.93. The molecule has 0 aromatic heterocycles. The highest BCUT2D eigenvalue weighted by molar-refractivity contribution is 9.10. The second-order valence-corrected chi connectivity index (χ2v) is 7.31. The second-order valence-electron chi connectivity index (χ2n) is 5.96. The minimum Gasteiger partial charge on any atom is -0.493 e. The minimum atomic E-state index is -0.200. The number of halogens is 2. The highest BCUT2D eigenvalue weighted by Crippen LogP contribution is 2.25. The van der Waals surface area contributed by atoms with Gasteiger partial charge < -0.3 is 14.8 Å². The van der Waals surface area contributed by atoms with E-state index in [0.29, 0.717) is 28.7 Å². The van der Waals surface area contributed by atoms with Gasteiger partial charge in [0.15, 0.2) is 0 Å². The Labute approximate surface area is 177 Å². The van der Waals surface area contributed by atoms with E-state index in [4.69, 9.17) is 21.1 Å². The van der Waals surface area contributed by atoms with E-state index in [9.17, 15) is 4.79 Å². The van der Waals surface area contributed by atoms with Crippen LogP contribution in [0.4, 0.5) is 5.69 Å². The molecule has 1 amide bonds. The topological polar surface area (TPSA) is 47.6 Å². The molecule has 144 valence electrons. The predicted molar refractivity (Wildman–Crippen MR) is 115 cm³/mol. The minimum absolute atomic E-state index is 0.200. The molecular weight excluding hydrogens is 442 g/mol. The fourth-order valence-corrected chi connectivity index (χ4v) is 3.03. The zero-order valence-electron chi connectivity index (χ0n) is 15.2. The lowest BCUT2D eigenvalue weighted by atomic mass is 10.1. The number of benzene rings is 3. The SMILES string of the molecule is CCOc1ccc(C(=O)Nc2ccc(Br)cc2)cc1COc1cccc(Cl)c1. The highest BCUT2D eigenvalue weighted by atomic mass is 79.9. The van der Waals surface area contributed by atoms with Crippen molar-refractivity contribution in [1.29, 1.82) is 0 Å². The van der Waals surface area contributed by atoms with Crippen LogP contribution in [0.3, 0.4) is 0 Å². The normalized spacial score (nSPS) is 10.4. The molecule has 1 N–H and O–H groups in total. The Kier molecular flexibility index (Phi) is 6.95. The number of hydrogen-bond donors (Lipinski definition) is 1. The van der Waals surface area contributed by atoms with E-state index in [1.54, 1.807) is 30.3 Å². The largest absolute Gasteiger partial charge is 0.493 e. The summed E-state index contributed by atoms with van der Waals surface area (Å²) in [6.07, 6.45) is 0. The third-order valence-corrected chi connectivity index (χ3v) is 4.68. The molecular formula is C22H19BrClNO3. The van der Waals surface area contributed by atoms with E-state index in [-0.39, 0.29) is 12.5 Å². The molecule has 0 atom stereocenters. The number of rotatable bonds is 7. The summed E-state index contributed by atoms with van der Waals surface area (Å²) >= 11 is 9.38. The van der Waals surface area contributed by atoms with Gasteiger partial charge >= 0.3 is 0 Å². The molecule has 0 saturated carbocycles. The lowest BCUT2D eigenvalue weighted by Gasteiger charge is -2.14. The van der Waals surface area contributed by atoms with Crippen LogP contribution in [0.1, 0.15) is 22.8 Å². The molecule has 4 nitrogen and oxygen atoms in total. The first-order chi connectivity index (χ1) is 13.5. The van der Waals surface area contributed by atoms with Gasteiger partial charge in [-0.05, 0) is 67.6 Å². The summed E-state index contributed by atoms with van der Waals surface area (Å²) in [5.41, 5.74) is 2.03. The van der Waals surface area contributed by atoms with Crippen molar-refractivity contribution in [1.82, 2.24) is 0 Å². The first kappa shape index (κ1) is 20.2. The molecule has 6 heteroatoms. The molecule has 0 aliphatic carbocycles. The number of nitrogens with one attached hydrogen (secondary N) is 1. The number of ether oxygens (including phenoxy) is 2. The molecule has 3 aromatic rings. The summed E-state index contributed by atoms with van der Waals surface area (Å²) in [5, 5.41) is 3.49. The van der Waals surface area contributed by atoms with Gasteiger partial charge in [0.2, 0.25) is 0 Å². The van der Waals surface area contributed by atoms with Gasteiger partial charge in [-0.3, -0.25) is 4.79 Å². The monoisotopic (exact) mass is 459 g/mol. The van der Waals surface area contributed by atoms with Crippen molar-refractivity contribution in [2.75, 3.05) is 11.9 Å². The molecule has 0 radical (unpaired) electrons. The zero-order chi connectivity index (χ0) is 19.9. The average molecular weight is 461 g/mol. The van der Waals surface area contributed by atoms with Gasteiger partial charge in [-0.1, -0.05) is 33.6 Å². The summed E-state index contributed by atoms with van der Waals surface area (Å²) in [5.74, 6) is 1.14. The van der Waals surface area contributed by atoms with Crippen molar-refractivity contribution >= 4 is 39.1 Å². The maximum Gasteiger partial charge on any atom is 0.255 e. The van der Waals surface area contributed by atoms with E-state index in [2.05, 4.69) is 21.2 Å². The van der Waals surface area contributed by atoms with Crippen LogP contribution in [0.15, 0.2) is 71.2 Å². The standard InChI is InChI=1S/C22H19BrClNO3/c1-2-27-21-11-6-15(22(26)25-19-9-7-17(23)8-10-19)12-16(21)14-28-20-5-3-4-18(24)13-20/h3-13H,2,14H2,1H3,(H,25,26). The van der Waals surface area contributed by atoms with Crippen molar-refractivity contribution in [2.24, 2.45) is 0 Å². The second kappa shape index (κ2) is 9.62. The van der Waals surface area contributed by atoms with Gasteiger partial charge in [0, 0.05) is 26.3 Å². The lowest BCUT2D eigenvalue weighted by Crippen LogP contribution is -2.13. The molecule has 0 saturated heterocycles.